The number of unbranched alkanes of at least 4 members (excludes halogenated alkanes) is 1. The Labute approximate surface area is 76.5 Å². The summed E-state index contributed by atoms with van der Waals surface area (Å²) < 4.78 is 6.15. The zero-order chi connectivity index (χ0) is 9.52. The number of aromatic nitrogens is 2. The molecular formula is C9H10N2O2. The van der Waals surface area contributed by atoms with Crippen LogP contribution in [0.1, 0.15) is 12.8 Å². The third kappa shape index (κ3) is 2.99. The van der Waals surface area contributed by atoms with Gasteiger partial charge in [-0.05, 0) is 6.42 Å². The number of carbonyl (C=O) groups is 1. The molecule has 1 aromatic rings. The van der Waals surface area contributed by atoms with Crippen LogP contribution in [0.4, 0.5) is 4.79 Å². The van der Waals surface area contributed by atoms with Gasteiger partial charge in [0.05, 0.1) is 6.61 Å². The third-order valence-corrected chi connectivity index (χ3v) is 1.41. The molecule has 0 aliphatic rings. The Morgan fingerprint density at radius 2 is 2.54 bits per heavy atom. The lowest BCUT2D eigenvalue weighted by molar-refractivity contribution is 0.147. The molecule has 1 aromatic heterocycles. The minimum absolute atomic E-state index is 0.348. The van der Waals surface area contributed by atoms with Crippen LogP contribution < -0.4 is 0 Å². The van der Waals surface area contributed by atoms with E-state index in [1.54, 1.807) is 0 Å². The molecule has 0 saturated carbocycles. The third-order valence-electron chi connectivity index (χ3n) is 1.41. The van der Waals surface area contributed by atoms with E-state index >= 15 is 0 Å². The van der Waals surface area contributed by atoms with Gasteiger partial charge in [0.25, 0.3) is 0 Å². The van der Waals surface area contributed by atoms with E-state index in [1.165, 1.54) is 23.3 Å². The Balaban J connectivity index is 2.24. The first kappa shape index (κ1) is 9.33. The number of hydrogen-bond acceptors (Lipinski definition) is 3. The van der Waals surface area contributed by atoms with Crippen molar-refractivity contribution in [3.8, 4) is 12.3 Å². The van der Waals surface area contributed by atoms with Crippen molar-refractivity contribution >= 4 is 6.09 Å². The molecule has 0 atom stereocenters. The molecule has 0 aromatic carbocycles. The van der Waals surface area contributed by atoms with Gasteiger partial charge >= 0.3 is 6.09 Å². The molecular weight excluding hydrogens is 168 g/mol. The first-order valence-electron chi connectivity index (χ1n) is 3.93. The van der Waals surface area contributed by atoms with E-state index in [-0.39, 0.29) is 0 Å². The average Bonchev–Trinajstić information content (AvgIpc) is 2.65. The number of nitrogens with zero attached hydrogens (tertiary/aromatic N) is 2. The lowest BCUT2D eigenvalue weighted by atomic mass is 10.3. The van der Waals surface area contributed by atoms with Crippen LogP contribution in [0.25, 0.3) is 0 Å². The van der Waals surface area contributed by atoms with Crippen LogP contribution >= 0.6 is 0 Å². The molecule has 1 heterocycles. The number of rotatable bonds is 3. The standard InChI is InChI=1S/C9H10N2O2/c1-2-3-4-7-13-9(12)11-6-5-10-8-11/h1,5-6,8H,3-4,7H2. The maximum Gasteiger partial charge on any atom is 0.419 e. The fourth-order valence-corrected chi connectivity index (χ4v) is 0.775. The van der Waals surface area contributed by atoms with E-state index in [0.717, 1.165) is 0 Å². The lowest BCUT2D eigenvalue weighted by Crippen LogP contribution is -2.12. The predicted molar refractivity (Wildman–Crippen MR) is 47.0 cm³/mol. The van der Waals surface area contributed by atoms with Gasteiger partial charge in [-0.15, -0.1) is 12.3 Å². The van der Waals surface area contributed by atoms with Crippen LogP contribution in [-0.2, 0) is 4.74 Å². The van der Waals surface area contributed by atoms with Crippen LogP contribution in [0, 0.1) is 12.3 Å². The van der Waals surface area contributed by atoms with E-state index in [2.05, 4.69) is 10.9 Å². The minimum atomic E-state index is -0.422. The maximum absolute atomic E-state index is 11.1. The first-order valence-corrected chi connectivity index (χ1v) is 3.93. The molecule has 1 rings (SSSR count). The normalized spacial score (nSPS) is 9.15. The zero-order valence-corrected chi connectivity index (χ0v) is 7.14. The second-order valence-electron chi connectivity index (χ2n) is 2.39. The van der Waals surface area contributed by atoms with E-state index < -0.39 is 6.09 Å². The summed E-state index contributed by atoms with van der Waals surface area (Å²) in [5.74, 6) is 2.47. The van der Waals surface area contributed by atoms with Crippen molar-refractivity contribution in [2.75, 3.05) is 6.61 Å². The largest absolute Gasteiger partial charge is 0.449 e. The summed E-state index contributed by atoms with van der Waals surface area (Å²) in [5, 5.41) is 0. The molecule has 0 N–H and O–H groups in total. The molecule has 0 saturated heterocycles. The zero-order valence-electron chi connectivity index (χ0n) is 7.14. The maximum atomic E-state index is 11.1. The van der Waals surface area contributed by atoms with Gasteiger partial charge in [0.1, 0.15) is 6.33 Å². The van der Waals surface area contributed by atoms with Crippen molar-refractivity contribution in [3.63, 3.8) is 0 Å². The molecule has 0 amide bonds. The van der Waals surface area contributed by atoms with Crippen LogP contribution in [0.2, 0.25) is 0 Å². The summed E-state index contributed by atoms with van der Waals surface area (Å²) >= 11 is 0. The average molecular weight is 178 g/mol. The predicted octanol–water partition coefficient (Wildman–Crippen LogP) is 1.28. The molecule has 4 nitrogen and oxygen atoms in total. The van der Waals surface area contributed by atoms with Gasteiger partial charge in [0.2, 0.25) is 0 Å². The molecule has 0 bridgehead atoms. The smallest absolute Gasteiger partial charge is 0.419 e. The Hall–Kier alpha value is -1.76. The molecule has 4 heteroatoms. The van der Waals surface area contributed by atoms with Crippen LogP contribution in [-0.4, -0.2) is 22.3 Å². The number of terminal acetylenes is 1. The van der Waals surface area contributed by atoms with Crippen LogP contribution in [0.5, 0.6) is 0 Å². The second kappa shape index (κ2) is 4.99. The minimum Gasteiger partial charge on any atom is -0.449 e. The highest BCUT2D eigenvalue weighted by Gasteiger charge is 2.02. The van der Waals surface area contributed by atoms with E-state index in [0.29, 0.717) is 19.4 Å². The van der Waals surface area contributed by atoms with Crippen molar-refractivity contribution in [2.24, 2.45) is 0 Å². The van der Waals surface area contributed by atoms with E-state index in [9.17, 15) is 4.79 Å². The van der Waals surface area contributed by atoms with Gasteiger partial charge in [0, 0.05) is 18.8 Å². The van der Waals surface area contributed by atoms with Crippen molar-refractivity contribution in [1.82, 2.24) is 9.55 Å². The highest BCUT2D eigenvalue weighted by atomic mass is 16.5. The van der Waals surface area contributed by atoms with Gasteiger partial charge in [-0.2, -0.15) is 0 Å². The summed E-state index contributed by atoms with van der Waals surface area (Å²) in [4.78, 5) is 14.8. The van der Waals surface area contributed by atoms with Gasteiger partial charge in [-0.3, -0.25) is 0 Å². The Bertz CT molecular complexity index is 298. The van der Waals surface area contributed by atoms with Crippen molar-refractivity contribution in [3.05, 3.63) is 18.7 Å². The van der Waals surface area contributed by atoms with Crippen molar-refractivity contribution in [2.45, 2.75) is 12.8 Å². The number of imidazole rings is 1. The first-order chi connectivity index (χ1) is 6.34. The Morgan fingerprint density at radius 1 is 1.69 bits per heavy atom. The van der Waals surface area contributed by atoms with Crippen molar-refractivity contribution < 1.29 is 9.53 Å². The van der Waals surface area contributed by atoms with Gasteiger partial charge in [-0.25, -0.2) is 14.3 Å². The molecule has 0 fully saturated rings. The quantitative estimate of drug-likeness (QED) is 0.517. The van der Waals surface area contributed by atoms with Crippen molar-refractivity contribution in [1.29, 1.82) is 0 Å². The number of hydrogen-bond donors (Lipinski definition) is 0. The highest BCUT2D eigenvalue weighted by molar-refractivity contribution is 5.69. The SMILES string of the molecule is C#CCCCOC(=O)n1ccnc1. The molecule has 0 spiro atoms. The summed E-state index contributed by atoms with van der Waals surface area (Å²) in [6, 6.07) is 0. The second-order valence-corrected chi connectivity index (χ2v) is 2.39. The molecule has 0 aliphatic carbocycles. The molecule has 0 aliphatic heterocycles. The summed E-state index contributed by atoms with van der Waals surface area (Å²) in [7, 11) is 0. The van der Waals surface area contributed by atoms with Crippen LogP contribution in [0.3, 0.4) is 0 Å². The van der Waals surface area contributed by atoms with Gasteiger partial charge < -0.3 is 4.74 Å². The Morgan fingerprint density at radius 3 is 3.15 bits per heavy atom. The molecule has 68 valence electrons. The fourth-order valence-electron chi connectivity index (χ4n) is 0.775. The van der Waals surface area contributed by atoms with E-state index in [1.807, 2.05) is 0 Å². The van der Waals surface area contributed by atoms with Gasteiger partial charge in [-0.1, -0.05) is 0 Å². The number of ether oxygens (including phenoxy) is 1. The summed E-state index contributed by atoms with van der Waals surface area (Å²) in [5.41, 5.74) is 0. The molecule has 0 unspecified atom stereocenters. The fraction of sp³-hybridized carbons (Fsp3) is 0.333. The Kier molecular flexibility index (Phi) is 3.58. The highest BCUT2D eigenvalue weighted by Crippen LogP contribution is 1.93. The van der Waals surface area contributed by atoms with Crippen LogP contribution in [0.15, 0.2) is 18.7 Å². The number of carbonyl (C=O) groups excluding carboxylic acids is 1. The monoisotopic (exact) mass is 178 g/mol. The van der Waals surface area contributed by atoms with Gasteiger partial charge in [0.15, 0.2) is 0 Å². The molecule has 13 heavy (non-hydrogen) atoms. The summed E-state index contributed by atoms with van der Waals surface area (Å²) in [6.07, 6.45) is 10.4. The van der Waals surface area contributed by atoms with E-state index in [4.69, 9.17) is 11.2 Å². The topological polar surface area (TPSA) is 44.1 Å². The lowest BCUT2D eigenvalue weighted by Gasteiger charge is -2.02. The summed E-state index contributed by atoms with van der Waals surface area (Å²) in [6.45, 7) is 0.348. The molecule has 0 radical (unpaired) electrons.